The molecule has 0 spiro atoms. The number of halogens is 1. The van der Waals surface area contributed by atoms with Crippen molar-refractivity contribution in [3.8, 4) is 0 Å². The van der Waals surface area contributed by atoms with Crippen molar-refractivity contribution in [2.75, 3.05) is 19.7 Å². The maximum absolute atomic E-state index is 12.6. The van der Waals surface area contributed by atoms with Crippen molar-refractivity contribution in [1.82, 2.24) is 9.21 Å². The fraction of sp³-hybridized carbons (Fsp3) is 0.667. The third-order valence-electron chi connectivity index (χ3n) is 4.67. The molecule has 2 saturated heterocycles. The van der Waals surface area contributed by atoms with Crippen LogP contribution in [0.25, 0.3) is 0 Å². The predicted molar refractivity (Wildman–Crippen MR) is 92.9 cm³/mol. The van der Waals surface area contributed by atoms with Crippen LogP contribution in [0.15, 0.2) is 16.3 Å². The Morgan fingerprint density at radius 3 is 2.50 bits per heavy atom. The number of amides is 1. The van der Waals surface area contributed by atoms with Gasteiger partial charge in [-0.2, -0.15) is 4.31 Å². The minimum Gasteiger partial charge on any atom is -0.447 e. The highest BCUT2D eigenvalue weighted by Gasteiger charge is 2.42. The largest absolute Gasteiger partial charge is 0.447 e. The molecule has 24 heavy (non-hydrogen) atoms. The lowest BCUT2D eigenvalue weighted by Gasteiger charge is -2.38. The number of sulfonamides is 1. The Bertz CT molecular complexity index is 711. The first-order chi connectivity index (χ1) is 11.3. The molecule has 0 saturated carbocycles. The van der Waals surface area contributed by atoms with Crippen LogP contribution in [0.5, 0.6) is 0 Å². The van der Waals surface area contributed by atoms with E-state index in [-0.39, 0.29) is 22.4 Å². The molecule has 0 aromatic carbocycles. The van der Waals surface area contributed by atoms with Crippen molar-refractivity contribution >= 4 is 39.1 Å². The lowest BCUT2D eigenvalue weighted by molar-refractivity contribution is 0.117. The molecule has 0 radical (unpaired) electrons. The third kappa shape index (κ3) is 3.29. The Morgan fingerprint density at radius 1 is 1.29 bits per heavy atom. The zero-order valence-electron chi connectivity index (χ0n) is 13.6. The molecule has 3 rings (SSSR count). The second-order valence-corrected chi connectivity index (χ2v) is 10.4. The molecule has 1 aromatic heterocycles. The average Bonchev–Trinajstić information content (AvgIpc) is 3.14. The Kier molecular flexibility index (Phi) is 5.11. The molecule has 0 bridgehead atoms. The Labute approximate surface area is 151 Å². The van der Waals surface area contributed by atoms with E-state index in [1.807, 2.05) is 4.90 Å². The minimum absolute atomic E-state index is 0.0331. The number of carbonyl (C=O) groups excluding carboxylic acids is 1. The van der Waals surface area contributed by atoms with E-state index in [9.17, 15) is 13.2 Å². The molecule has 9 heteroatoms. The summed E-state index contributed by atoms with van der Waals surface area (Å²) in [5.41, 5.74) is 0. The van der Waals surface area contributed by atoms with Gasteiger partial charge >= 0.3 is 6.09 Å². The second kappa shape index (κ2) is 6.82. The molecule has 0 N–H and O–H groups in total. The van der Waals surface area contributed by atoms with Gasteiger partial charge < -0.3 is 4.74 Å². The molecule has 0 aliphatic carbocycles. The van der Waals surface area contributed by atoms with Crippen molar-refractivity contribution < 1.29 is 17.9 Å². The monoisotopic (exact) mass is 392 g/mol. The van der Waals surface area contributed by atoms with Crippen LogP contribution in [0, 0.1) is 5.92 Å². The molecular formula is C15H21ClN2O4S2. The first-order valence-electron chi connectivity index (χ1n) is 8.01. The van der Waals surface area contributed by atoms with Gasteiger partial charge in [-0.05, 0) is 30.9 Å². The van der Waals surface area contributed by atoms with Gasteiger partial charge in [0.2, 0.25) is 0 Å². The van der Waals surface area contributed by atoms with Crippen molar-refractivity contribution in [1.29, 1.82) is 0 Å². The van der Waals surface area contributed by atoms with Gasteiger partial charge in [-0.1, -0.05) is 25.4 Å². The van der Waals surface area contributed by atoms with Gasteiger partial charge in [0.15, 0.2) is 0 Å². The summed E-state index contributed by atoms with van der Waals surface area (Å²) in [6.45, 7) is 5.36. The molecule has 1 aromatic rings. The normalized spacial score (nSPS) is 23.9. The maximum Gasteiger partial charge on any atom is 0.410 e. The van der Waals surface area contributed by atoms with Crippen LogP contribution >= 0.6 is 22.9 Å². The smallest absolute Gasteiger partial charge is 0.410 e. The second-order valence-electron chi connectivity index (χ2n) is 6.49. The zero-order chi connectivity index (χ0) is 17.5. The van der Waals surface area contributed by atoms with Crippen molar-refractivity contribution in [3.63, 3.8) is 0 Å². The summed E-state index contributed by atoms with van der Waals surface area (Å²) in [7, 11) is -3.50. The first-order valence-corrected chi connectivity index (χ1v) is 10.6. The lowest BCUT2D eigenvalue weighted by atomic mass is 9.98. The van der Waals surface area contributed by atoms with Crippen molar-refractivity contribution in [2.24, 2.45) is 5.92 Å². The maximum atomic E-state index is 12.6. The topological polar surface area (TPSA) is 66.9 Å². The molecule has 1 amide bonds. The first kappa shape index (κ1) is 18.0. The van der Waals surface area contributed by atoms with Crippen LogP contribution < -0.4 is 0 Å². The Hall–Kier alpha value is -0.830. The Balaban J connectivity index is 1.68. The van der Waals surface area contributed by atoms with E-state index in [1.54, 1.807) is 12.1 Å². The highest BCUT2D eigenvalue weighted by Crippen LogP contribution is 2.32. The Morgan fingerprint density at radius 2 is 1.96 bits per heavy atom. The summed E-state index contributed by atoms with van der Waals surface area (Å²) >= 11 is 6.92. The van der Waals surface area contributed by atoms with Crippen LogP contribution in [-0.4, -0.2) is 55.5 Å². The van der Waals surface area contributed by atoms with Gasteiger partial charge in [0.1, 0.15) is 10.8 Å². The highest BCUT2D eigenvalue weighted by molar-refractivity contribution is 7.91. The van der Waals surface area contributed by atoms with Crippen LogP contribution in [0.3, 0.4) is 0 Å². The summed E-state index contributed by atoms with van der Waals surface area (Å²) in [4.78, 5) is 13.9. The van der Waals surface area contributed by atoms with E-state index < -0.39 is 10.0 Å². The van der Waals surface area contributed by atoms with Crippen LogP contribution in [-0.2, 0) is 14.8 Å². The van der Waals surface area contributed by atoms with E-state index in [4.69, 9.17) is 16.3 Å². The lowest BCUT2D eigenvalue weighted by Crippen LogP contribution is -2.50. The number of nitrogens with zero attached hydrogens (tertiary/aromatic N) is 2. The van der Waals surface area contributed by atoms with Crippen molar-refractivity contribution in [3.05, 3.63) is 16.5 Å². The van der Waals surface area contributed by atoms with Gasteiger partial charge in [-0.15, -0.1) is 11.3 Å². The van der Waals surface area contributed by atoms with Gasteiger partial charge in [0.25, 0.3) is 10.0 Å². The SMILES string of the molecule is CC(C)C1COC(=O)N1C1CCN(S(=O)(=O)c2ccc(Cl)s2)CC1. The van der Waals surface area contributed by atoms with Crippen LogP contribution in [0.2, 0.25) is 4.34 Å². The molecular weight excluding hydrogens is 372 g/mol. The van der Waals surface area contributed by atoms with E-state index in [2.05, 4.69) is 13.8 Å². The molecule has 1 unspecified atom stereocenters. The fourth-order valence-electron chi connectivity index (χ4n) is 3.30. The zero-order valence-corrected chi connectivity index (χ0v) is 16.0. The quantitative estimate of drug-likeness (QED) is 0.789. The standard InChI is InChI=1S/C15H21ClN2O4S2/c1-10(2)12-9-22-15(19)18(12)11-5-7-17(8-6-11)24(20,21)14-4-3-13(16)23-14/h3-4,10-12H,5-9H2,1-2H3. The van der Waals surface area contributed by atoms with Crippen LogP contribution in [0.1, 0.15) is 26.7 Å². The summed E-state index contributed by atoms with van der Waals surface area (Å²) < 4.78 is 32.7. The summed E-state index contributed by atoms with van der Waals surface area (Å²) in [5.74, 6) is 0.312. The fourth-order valence-corrected chi connectivity index (χ4v) is 6.41. The van der Waals surface area contributed by atoms with E-state index in [0.29, 0.717) is 42.8 Å². The highest BCUT2D eigenvalue weighted by atomic mass is 35.5. The summed E-state index contributed by atoms with van der Waals surface area (Å²) in [6.07, 6.45) is 0.966. The number of hydrogen-bond donors (Lipinski definition) is 0. The third-order valence-corrected chi connectivity index (χ3v) is 8.27. The molecule has 6 nitrogen and oxygen atoms in total. The number of cyclic esters (lactones) is 1. The molecule has 2 aliphatic rings. The van der Waals surface area contributed by atoms with Crippen molar-refractivity contribution in [2.45, 2.75) is 43.0 Å². The molecule has 2 aliphatic heterocycles. The molecule has 134 valence electrons. The van der Waals surface area contributed by atoms with Gasteiger partial charge in [-0.3, -0.25) is 4.90 Å². The molecule has 2 fully saturated rings. The van der Waals surface area contributed by atoms with Gasteiger partial charge in [0.05, 0.1) is 10.4 Å². The number of piperidine rings is 1. The number of thiophene rings is 1. The van der Waals surface area contributed by atoms with Gasteiger partial charge in [0, 0.05) is 19.1 Å². The summed E-state index contributed by atoms with van der Waals surface area (Å²) in [5, 5.41) is 0. The predicted octanol–water partition coefficient (Wildman–Crippen LogP) is 3.03. The number of rotatable bonds is 4. The average molecular weight is 393 g/mol. The van der Waals surface area contributed by atoms with E-state index in [1.165, 1.54) is 4.31 Å². The van der Waals surface area contributed by atoms with Crippen LogP contribution in [0.4, 0.5) is 4.79 Å². The van der Waals surface area contributed by atoms with Gasteiger partial charge in [-0.25, -0.2) is 13.2 Å². The number of hydrogen-bond acceptors (Lipinski definition) is 5. The summed E-state index contributed by atoms with van der Waals surface area (Å²) in [6, 6.07) is 3.24. The molecule has 1 atom stereocenters. The molecule has 3 heterocycles. The number of carbonyl (C=O) groups is 1. The van der Waals surface area contributed by atoms with E-state index >= 15 is 0 Å². The minimum atomic E-state index is -3.50. The number of ether oxygens (including phenoxy) is 1. The van der Waals surface area contributed by atoms with E-state index in [0.717, 1.165) is 11.3 Å².